The normalized spacial score (nSPS) is 11.2. The number of para-hydroxylation sites is 1. The molecule has 2 N–H and O–H groups in total. The lowest BCUT2D eigenvalue weighted by molar-refractivity contribution is -0.124. The van der Waals surface area contributed by atoms with Crippen molar-refractivity contribution in [2.45, 2.75) is 46.0 Å². The summed E-state index contributed by atoms with van der Waals surface area (Å²) in [7, 11) is 0. The fourth-order valence-corrected chi connectivity index (χ4v) is 3.18. The van der Waals surface area contributed by atoms with Gasteiger partial charge in [0.05, 0.1) is 17.9 Å². The molecule has 162 valence electrons. The van der Waals surface area contributed by atoms with Crippen LogP contribution in [0, 0.1) is 6.92 Å². The molecule has 2 amide bonds. The Hall–Kier alpha value is -3.41. The molecule has 0 spiro atoms. The van der Waals surface area contributed by atoms with Crippen molar-refractivity contribution in [2.24, 2.45) is 0 Å². The number of nitrogens with zero attached hydrogens (tertiary/aromatic N) is 2. The fourth-order valence-electron chi connectivity index (χ4n) is 3.18. The Labute approximate surface area is 183 Å². The molecule has 3 rings (SSSR count). The van der Waals surface area contributed by atoms with Gasteiger partial charge in [-0.1, -0.05) is 69.3 Å². The van der Waals surface area contributed by atoms with Gasteiger partial charge >= 0.3 is 0 Å². The van der Waals surface area contributed by atoms with E-state index in [1.165, 1.54) is 0 Å². The number of carbonyl (C=O) groups excluding carboxylic acids is 2. The lowest BCUT2D eigenvalue weighted by Gasteiger charge is -2.14. The van der Waals surface area contributed by atoms with E-state index in [0.29, 0.717) is 18.7 Å². The zero-order chi connectivity index (χ0) is 22.4. The van der Waals surface area contributed by atoms with Crippen molar-refractivity contribution in [1.82, 2.24) is 15.1 Å². The third-order valence-corrected chi connectivity index (χ3v) is 5.02. The van der Waals surface area contributed by atoms with E-state index in [0.717, 1.165) is 22.5 Å². The second-order valence-electron chi connectivity index (χ2n) is 8.67. The molecular weight excluding hydrogens is 388 g/mol. The van der Waals surface area contributed by atoms with Crippen molar-refractivity contribution in [3.8, 4) is 5.69 Å². The molecule has 0 bridgehead atoms. The van der Waals surface area contributed by atoms with Crippen LogP contribution in [0.1, 0.15) is 44.0 Å². The average molecular weight is 419 g/mol. The first kappa shape index (κ1) is 22.3. The van der Waals surface area contributed by atoms with Crippen LogP contribution in [0.5, 0.6) is 0 Å². The zero-order valence-electron chi connectivity index (χ0n) is 18.6. The fraction of sp³-hybridized carbons (Fsp3) is 0.320. The number of hydrogen-bond acceptors (Lipinski definition) is 3. The van der Waals surface area contributed by atoms with Crippen LogP contribution in [0.2, 0.25) is 0 Å². The number of benzene rings is 2. The first-order valence-corrected chi connectivity index (χ1v) is 10.5. The predicted octanol–water partition coefficient (Wildman–Crippen LogP) is 4.17. The molecule has 0 aliphatic carbocycles. The summed E-state index contributed by atoms with van der Waals surface area (Å²) in [6.45, 7) is 8.16. The highest BCUT2D eigenvalue weighted by molar-refractivity contribution is 5.94. The van der Waals surface area contributed by atoms with E-state index < -0.39 is 0 Å². The highest BCUT2D eigenvalue weighted by Gasteiger charge is 2.22. The molecule has 31 heavy (non-hydrogen) atoms. The Balaban J connectivity index is 1.65. The molecule has 1 aromatic heterocycles. The number of aryl methyl sites for hydroxylation is 2. The van der Waals surface area contributed by atoms with E-state index in [-0.39, 0.29) is 23.8 Å². The van der Waals surface area contributed by atoms with Crippen molar-refractivity contribution in [3.05, 3.63) is 77.5 Å². The van der Waals surface area contributed by atoms with Crippen molar-refractivity contribution < 1.29 is 9.59 Å². The largest absolute Gasteiger partial charge is 0.347 e. The highest BCUT2D eigenvalue weighted by atomic mass is 16.2. The molecule has 0 saturated heterocycles. The van der Waals surface area contributed by atoms with E-state index in [1.54, 1.807) is 4.68 Å². The number of anilines is 1. The van der Waals surface area contributed by atoms with Crippen LogP contribution in [-0.4, -0.2) is 28.1 Å². The van der Waals surface area contributed by atoms with Gasteiger partial charge in [-0.15, -0.1) is 0 Å². The third kappa shape index (κ3) is 6.04. The van der Waals surface area contributed by atoms with Crippen LogP contribution in [0.4, 0.5) is 5.82 Å². The lowest BCUT2D eigenvalue weighted by atomic mass is 9.92. The van der Waals surface area contributed by atoms with Gasteiger partial charge in [0.25, 0.3) is 0 Å². The number of nitrogens with one attached hydrogen (secondary N) is 2. The number of aromatic nitrogens is 2. The van der Waals surface area contributed by atoms with Crippen molar-refractivity contribution in [1.29, 1.82) is 0 Å². The van der Waals surface area contributed by atoms with Gasteiger partial charge in [-0.25, -0.2) is 4.68 Å². The number of carbonyl (C=O) groups is 2. The maximum absolute atomic E-state index is 12.6. The number of hydrogen-bond donors (Lipinski definition) is 2. The molecule has 2 aromatic carbocycles. The second-order valence-corrected chi connectivity index (χ2v) is 8.67. The van der Waals surface area contributed by atoms with Gasteiger partial charge < -0.3 is 10.6 Å². The van der Waals surface area contributed by atoms with Gasteiger partial charge in [-0.3, -0.25) is 9.59 Å². The van der Waals surface area contributed by atoms with Crippen LogP contribution >= 0.6 is 0 Å². The van der Waals surface area contributed by atoms with Crippen LogP contribution in [0.3, 0.4) is 0 Å². The average Bonchev–Trinajstić information content (AvgIpc) is 3.16. The molecule has 3 aromatic rings. The molecule has 0 aliphatic heterocycles. The summed E-state index contributed by atoms with van der Waals surface area (Å²) in [5.74, 6) is 0.146. The second kappa shape index (κ2) is 9.60. The maximum atomic E-state index is 12.6. The number of rotatable bonds is 7. The summed E-state index contributed by atoms with van der Waals surface area (Å²) < 4.78 is 1.76. The summed E-state index contributed by atoms with van der Waals surface area (Å²) >= 11 is 0. The monoisotopic (exact) mass is 418 g/mol. The molecule has 0 saturated carbocycles. The summed E-state index contributed by atoms with van der Waals surface area (Å²) in [5, 5.41) is 10.3. The van der Waals surface area contributed by atoms with Gasteiger partial charge in [0, 0.05) is 17.9 Å². The van der Waals surface area contributed by atoms with E-state index >= 15 is 0 Å². The zero-order valence-corrected chi connectivity index (χ0v) is 18.6. The SMILES string of the molecule is Cc1ccccc1-n1nc(C(C)(C)C)cc1NC(=O)CNC(=O)CCc1ccccc1. The molecule has 0 aliphatic rings. The summed E-state index contributed by atoms with van der Waals surface area (Å²) in [5.41, 5.74) is 3.76. The minimum absolute atomic E-state index is 0.0859. The molecule has 6 nitrogen and oxygen atoms in total. The summed E-state index contributed by atoms with van der Waals surface area (Å²) in [6, 6.07) is 19.6. The van der Waals surface area contributed by atoms with Gasteiger partial charge in [0.2, 0.25) is 11.8 Å². The van der Waals surface area contributed by atoms with Crippen LogP contribution in [0.25, 0.3) is 5.69 Å². The Morgan fingerprint density at radius 3 is 2.32 bits per heavy atom. The first-order valence-electron chi connectivity index (χ1n) is 10.5. The minimum atomic E-state index is -0.289. The summed E-state index contributed by atoms with van der Waals surface area (Å²) in [6.07, 6.45) is 0.982. The lowest BCUT2D eigenvalue weighted by Crippen LogP contribution is -2.33. The van der Waals surface area contributed by atoms with Crippen molar-refractivity contribution >= 4 is 17.6 Å². The maximum Gasteiger partial charge on any atom is 0.244 e. The van der Waals surface area contributed by atoms with E-state index in [9.17, 15) is 9.59 Å². The smallest absolute Gasteiger partial charge is 0.244 e. The quantitative estimate of drug-likeness (QED) is 0.605. The van der Waals surface area contributed by atoms with Crippen LogP contribution in [-0.2, 0) is 21.4 Å². The Kier molecular flexibility index (Phi) is 6.90. The Morgan fingerprint density at radius 1 is 0.968 bits per heavy atom. The predicted molar refractivity (Wildman–Crippen MR) is 123 cm³/mol. The van der Waals surface area contributed by atoms with E-state index in [4.69, 9.17) is 5.10 Å². The minimum Gasteiger partial charge on any atom is -0.347 e. The molecule has 0 fully saturated rings. The van der Waals surface area contributed by atoms with Gasteiger partial charge in [0.1, 0.15) is 5.82 Å². The number of amides is 2. The van der Waals surface area contributed by atoms with Crippen LogP contribution in [0.15, 0.2) is 60.7 Å². The van der Waals surface area contributed by atoms with Crippen LogP contribution < -0.4 is 10.6 Å². The topological polar surface area (TPSA) is 76.0 Å². The first-order chi connectivity index (χ1) is 14.7. The third-order valence-electron chi connectivity index (χ3n) is 5.02. The van der Waals surface area contributed by atoms with Gasteiger partial charge in [-0.05, 0) is 30.5 Å². The van der Waals surface area contributed by atoms with Gasteiger partial charge in [-0.2, -0.15) is 5.10 Å². The molecule has 1 heterocycles. The van der Waals surface area contributed by atoms with E-state index in [1.807, 2.05) is 67.6 Å². The molecule has 0 unspecified atom stereocenters. The molecule has 0 atom stereocenters. The Bertz CT molecular complexity index is 1050. The molecular formula is C25H30N4O2. The van der Waals surface area contributed by atoms with Gasteiger partial charge in [0.15, 0.2) is 0 Å². The molecule has 0 radical (unpaired) electrons. The standard InChI is InChI=1S/C25H30N4O2/c1-18-10-8-9-13-20(18)29-22(16-21(28-29)25(2,3)4)27-24(31)17-26-23(30)15-14-19-11-6-5-7-12-19/h5-13,16H,14-15,17H2,1-4H3,(H,26,30)(H,27,31). The van der Waals surface area contributed by atoms with Crippen molar-refractivity contribution in [2.75, 3.05) is 11.9 Å². The van der Waals surface area contributed by atoms with Crippen molar-refractivity contribution in [3.63, 3.8) is 0 Å². The summed E-state index contributed by atoms with van der Waals surface area (Å²) in [4.78, 5) is 24.7. The molecule has 6 heteroatoms. The highest BCUT2D eigenvalue weighted by Crippen LogP contribution is 2.27. The van der Waals surface area contributed by atoms with E-state index in [2.05, 4.69) is 31.4 Å². The Morgan fingerprint density at radius 2 is 1.65 bits per heavy atom.